The minimum Gasteiger partial charge on any atom is -0.467 e. The minimum absolute atomic E-state index is 0.274. The van der Waals surface area contributed by atoms with Crippen molar-refractivity contribution in [2.24, 2.45) is 16.6 Å². The molecule has 2 atom stereocenters. The van der Waals surface area contributed by atoms with Gasteiger partial charge < -0.3 is 15.4 Å². The van der Waals surface area contributed by atoms with Crippen LogP contribution in [-0.4, -0.2) is 49.7 Å². The number of carbonyl (C=O) groups is 1. The van der Waals surface area contributed by atoms with E-state index in [1.54, 1.807) is 0 Å². The van der Waals surface area contributed by atoms with Gasteiger partial charge in [-0.05, 0) is 18.8 Å². The number of likely N-dealkylation sites (tertiary alicyclic amines) is 1. The normalized spacial score (nSPS) is 23.4. The fourth-order valence-corrected chi connectivity index (χ4v) is 1.87. The fourth-order valence-electron chi connectivity index (χ4n) is 1.87. The number of nitrogens with two attached hydrogens (primary N) is 1. The van der Waals surface area contributed by atoms with Crippen molar-refractivity contribution < 1.29 is 13.9 Å². The molecule has 0 saturated carbocycles. The van der Waals surface area contributed by atoms with Gasteiger partial charge in [-0.15, -0.1) is 0 Å². The highest BCUT2D eigenvalue weighted by atomic mass is 19.1. The second-order valence-corrected chi connectivity index (χ2v) is 4.38. The van der Waals surface area contributed by atoms with Gasteiger partial charge in [-0.3, -0.25) is 0 Å². The van der Waals surface area contributed by atoms with Crippen molar-refractivity contribution in [3.8, 4) is 0 Å². The summed E-state index contributed by atoms with van der Waals surface area (Å²) in [6.07, 6.45) is 0.506. The van der Waals surface area contributed by atoms with E-state index in [4.69, 9.17) is 5.73 Å². The molecule has 1 aliphatic rings. The van der Waals surface area contributed by atoms with Crippen molar-refractivity contribution in [3.63, 3.8) is 0 Å². The van der Waals surface area contributed by atoms with Gasteiger partial charge in [-0.25, -0.2) is 14.2 Å². The molecule has 1 rings (SSSR count). The summed E-state index contributed by atoms with van der Waals surface area (Å²) >= 11 is 0. The molecule has 98 valence electrons. The zero-order chi connectivity index (χ0) is 12.8. The summed E-state index contributed by atoms with van der Waals surface area (Å²) < 4.78 is 17.4. The van der Waals surface area contributed by atoms with E-state index in [2.05, 4.69) is 16.7 Å². The molecule has 6 heteroatoms. The first kappa shape index (κ1) is 13.7. The third-order valence-electron chi connectivity index (χ3n) is 2.85. The standard InChI is InChI=1S/C11H20FN3O2/c1-8-4-3-5-15(7-8)11(13)14-6-9(12)10(16)17-2/h8-9H,3-7H2,1-2H3,(H2,13,14). The van der Waals surface area contributed by atoms with Crippen LogP contribution in [0.15, 0.2) is 4.99 Å². The highest BCUT2D eigenvalue weighted by Gasteiger charge is 2.20. The average Bonchev–Trinajstić information content (AvgIpc) is 2.34. The molecule has 0 aromatic rings. The van der Waals surface area contributed by atoms with Crippen LogP contribution in [-0.2, 0) is 9.53 Å². The van der Waals surface area contributed by atoms with Crippen LogP contribution >= 0.6 is 0 Å². The lowest BCUT2D eigenvalue weighted by Crippen LogP contribution is -2.44. The Kier molecular flexibility index (Phi) is 5.18. The van der Waals surface area contributed by atoms with Crippen LogP contribution in [0.25, 0.3) is 0 Å². The summed E-state index contributed by atoms with van der Waals surface area (Å²) in [4.78, 5) is 16.7. The highest BCUT2D eigenvalue weighted by Crippen LogP contribution is 2.14. The number of piperidine rings is 1. The Bertz CT molecular complexity index is 296. The SMILES string of the molecule is COC(=O)C(F)CN=C(N)N1CCCC(C)C1. The Morgan fingerprint density at radius 3 is 3.00 bits per heavy atom. The molecule has 0 aliphatic carbocycles. The molecular weight excluding hydrogens is 225 g/mol. The summed E-state index contributed by atoms with van der Waals surface area (Å²) in [7, 11) is 1.15. The van der Waals surface area contributed by atoms with E-state index in [-0.39, 0.29) is 6.54 Å². The number of esters is 1. The Balaban J connectivity index is 2.45. The van der Waals surface area contributed by atoms with Crippen LogP contribution in [0, 0.1) is 5.92 Å². The van der Waals surface area contributed by atoms with E-state index in [1.807, 2.05) is 4.90 Å². The number of nitrogens with zero attached hydrogens (tertiary/aromatic N) is 2. The van der Waals surface area contributed by atoms with Gasteiger partial charge in [0.15, 0.2) is 5.96 Å². The summed E-state index contributed by atoms with van der Waals surface area (Å²) in [6, 6.07) is 0. The topological polar surface area (TPSA) is 67.9 Å². The van der Waals surface area contributed by atoms with E-state index in [0.29, 0.717) is 11.9 Å². The molecule has 1 fully saturated rings. The smallest absolute Gasteiger partial charge is 0.342 e. The molecule has 0 spiro atoms. The number of carbonyl (C=O) groups excluding carboxylic acids is 1. The van der Waals surface area contributed by atoms with E-state index < -0.39 is 12.1 Å². The van der Waals surface area contributed by atoms with Crippen molar-refractivity contribution in [1.82, 2.24) is 4.90 Å². The first-order valence-electron chi connectivity index (χ1n) is 5.81. The third-order valence-corrected chi connectivity index (χ3v) is 2.85. The van der Waals surface area contributed by atoms with E-state index in [0.717, 1.165) is 26.6 Å². The summed E-state index contributed by atoms with van der Waals surface area (Å²) in [5.41, 5.74) is 5.76. The number of guanidine groups is 1. The maximum Gasteiger partial charge on any atom is 0.342 e. The molecule has 2 unspecified atom stereocenters. The molecule has 1 heterocycles. The van der Waals surface area contributed by atoms with Crippen molar-refractivity contribution in [2.45, 2.75) is 25.9 Å². The predicted octanol–water partition coefficient (Wildman–Crippen LogP) is 0.544. The average molecular weight is 245 g/mol. The number of ether oxygens (including phenoxy) is 1. The van der Waals surface area contributed by atoms with Gasteiger partial charge in [0.2, 0.25) is 6.17 Å². The third kappa shape index (κ3) is 4.20. The second-order valence-electron chi connectivity index (χ2n) is 4.38. The Morgan fingerprint density at radius 2 is 2.41 bits per heavy atom. The van der Waals surface area contributed by atoms with E-state index in [9.17, 15) is 9.18 Å². The maximum atomic E-state index is 13.1. The number of rotatable bonds is 3. The lowest BCUT2D eigenvalue weighted by atomic mass is 10.0. The van der Waals surface area contributed by atoms with Gasteiger partial charge in [0.25, 0.3) is 0 Å². The first-order chi connectivity index (χ1) is 8.04. The number of aliphatic imine (C=N–C) groups is 1. The molecule has 0 radical (unpaired) electrons. The molecule has 5 nitrogen and oxygen atoms in total. The Hall–Kier alpha value is -1.33. The molecule has 0 amide bonds. The van der Waals surface area contributed by atoms with Crippen molar-refractivity contribution >= 4 is 11.9 Å². The predicted molar refractivity (Wildman–Crippen MR) is 63.4 cm³/mol. The molecule has 0 aromatic heterocycles. The Labute approximate surface area is 101 Å². The number of methoxy groups -OCH3 is 1. The van der Waals surface area contributed by atoms with Gasteiger partial charge in [-0.1, -0.05) is 6.92 Å². The van der Waals surface area contributed by atoms with Crippen LogP contribution in [0.3, 0.4) is 0 Å². The zero-order valence-electron chi connectivity index (χ0n) is 10.4. The van der Waals surface area contributed by atoms with Crippen LogP contribution in [0.1, 0.15) is 19.8 Å². The van der Waals surface area contributed by atoms with Gasteiger partial charge in [0.05, 0.1) is 13.7 Å². The van der Waals surface area contributed by atoms with Crippen LogP contribution in [0.4, 0.5) is 4.39 Å². The maximum absolute atomic E-state index is 13.1. The van der Waals surface area contributed by atoms with Gasteiger partial charge in [0, 0.05) is 13.1 Å². The number of hydrogen-bond acceptors (Lipinski definition) is 3. The summed E-state index contributed by atoms with van der Waals surface area (Å²) in [5, 5.41) is 0. The summed E-state index contributed by atoms with van der Waals surface area (Å²) in [6.45, 7) is 3.55. The quantitative estimate of drug-likeness (QED) is 0.448. The van der Waals surface area contributed by atoms with Crippen LogP contribution in [0.2, 0.25) is 0 Å². The lowest BCUT2D eigenvalue weighted by molar-refractivity contribution is -0.146. The van der Waals surface area contributed by atoms with E-state index in [1.165, 1.54) is 6.42 Å². The molecule has 1 aliphatic heterocycles. The van der Waals surface area contributed by atoms with Gasteiger partial charge >= 0.3 is 5.97 Å². The fraction of sp³-hybridized carbons (Fsp3) is 0.818. The number of alkyl halides is 1. The molecule has 17 heavy (non-hydrogen) atoms. The molecule has 1 saturated heterocycles. The van der Waals surface area contributed by atoms with Crippen molar-refractivity contribution in [3.05, 3.63) is 0 Å². The van der Waals surface area contributed by atoms with Gasteiger partial charge in [-0.2, -0.15) is 0 Å². The molecule has 0 bridgehead atoms. The monoisotopic (exact) mass is 245 g/mol. The number of hydrogen-bond donors (Lipinski definition) is 1. The van der Waals surface area contributed by atoms with Crippen molar-refractivity contribution in [2.75, 3.05) is 26.7 Å². The highest BCUT2D eigenvalue weighted by molar-refractivity contribution is 5.79. The lowest BCUT2D eigenvalue weighted by Gasteiger charge is -2.31. The largest absolute Gasteiger partial charge is 0.467 e. The molecule has 2 N–H and O–H groups in total. The molecule has 0 aromatic carbocycles. The summed E-state index contributed by atoms with van der Waals surface area (Å²) in [5.74, 6) is -0.0315. The zero-order valence-corrected chi connectivity index (χ0v) is 10.4. The van der Waals surface area contributed by atoms with Crippen LogP contribution < -0.4 is 5.73 Å². The van der Waals surface area contributed by atoms with Crippen molar-refractivity contribution in [1.29, 1.82) is 0 Å². The first-order valence-corrected chi connectivity index (χ1v) is 5.81. The number of halogens is 1. The van der Waals surface area contributed by atoms with Gasteiger partial charge in [0.1, 0.15) is 0 Å². The van der Waals surface area contributed by atoms with Crippen LogP contribution in [0.5, 0.6) is 0 Å². The minimum atomic E-state index is -1.74. The Morgan fingerprint density at radius 1 is 1.71 bits per heavy atom. The molecular formula is C11H20FN3O2. The second kappa shape index (κ2) is 6.42. The van der Waals surface area contributed by atoms with E-state index >= 15 is 0 Å².